The number of nitrogens with one attached hydrogen (secondary N) is 1. The van der Waals surface area contributed by atoms with E-state index in [0.29, 0.717) is 13.2 Å². The van der Waals surface area contributed by atoms with Crippen LogP contribution in [0.25, 0.3) is 0 Å². The Morgan fingerprint density at radius 2 is 2.50 bits per heavy atom. The Bertz CT molecular complexity index is 405. The van der Waals surface area contributed by atoms with E-state index in [1.165, 1.54) is 4.80 Å². The molecule has 1 aliphatic rings. The molecule has 0 saturated carbocycles. The van der Waals surface area contributed by atoms with Gasteiger partial charge in [0.15, 0.2) is 0 Å². The molecule has 0 radical (unpaired) electrons. The highest BCUT2D eigenvalue weighted by Gasteiger charge is 2.44. The number of carbonyl (C=O) groups is 1. The van der Waals surface area contributed by atoms with Crippen LogP contribution >= 0.6 is 0 Å². The average Bonchev–Trinajstić information content (AvgIpc) is 2.76. The van der Waals surface area contributed by atoms with E-state index < -0.39 is 5.41 Å². The average molecular weight is 226 g/mol. The first kappa shape index (κ1) is 11.0. The molecule has 1 aliphatic heterocycles. The predicted molar refractivity (Wildman–Crippen MR) is 54.3 cm³/mol. The van der Waals surface area contributed by atoms with Crippen molar-refractivity contribution in [2.75, 3.05) is 18.5 Å². The minimum absolute atomic E-state index is 0.174. The number of anilines is 1. The van der Waals surface area contributed by atoms with Gasteiger partial charge in [-0.15, -0.1) is 5.10 Å². The maximum absolute atomic E-state index is 12.0. The molecule has 0 aromatic carbocycles. The first-order chi connectivity index (χ1) is 7.52. The molecule has 1 fully saturated rings. The fourth-order valence-corrected chi connectivity index (χ4v) is 1.50. The van der Waals surface area contributed by atoms with Crippen LogP contribution in [0.2, 0.25) is 0 Å². The largest absolute Gasteiger partial charge is 0.379 e. The van der Waals surface area contributed by atoms with Crippen LogP contribution in [-0.4, -0.2) is 45.4 Å². The summed E-state index contributed by atoms with van der Waals surface area (Å²) in [7, 11) is 1.62. The van der Waals surface area contributed by atoms with Crippen molar-refractivity contribution in [3.8, 4) is 0 Å². The molecule has 2 unspecified atom stereocenters. The lowest BCUT2D eigenvalue weighted by molar-refractivity contribution is -0.125. The second kappa shape index (κ2) is 3.80. The number of rotatable bonds is 2. The molecule has 1 amide bonds. The van der Waals surface area contributed by atoms with Gasteiger partial charge < -0.3 is 10.5 Å². The highest BCUT2D eigenvalue weighted by Crippen LogP contribution is 2.28. The molecule has 3 N–H and O–H groups in total. The van der Waals surface area contributed by atoms with Crippen LogP contribution in [0.5, 0.6) is 0 Å². The van der Waals surface area contributed by atoms with E-state index in [-0.39, 0.29) is 17.9 Å². The van der Waals surface area contributed by atoms with E-state index >= 15 is 0 Å². The Balaban J connectivity index is 2.08. The zero-order valence-corrected chi connectivity index (χ0v) is 9.17. The van der Waals surface area contributed by atoms with E-state index in [1.807, 2.05) is 0 Å². The monoisotopic (exact) mass is 226 g/mol. The summed E-state index contributed by atoms with van der Waals surface area (Å²) >= 11 is 0. The minimum Gasteiger partial charge on any atom is -0.379 e. The standard InChI is InChI=1S/C8H14N6O2/c1-8(4-16-3-5(8)9)6(15)10-7-11-13-14(2)12-7/h5H,3-4,9H2,1-2H3,(H,10,12,15). The van der Waals surface area contributed by atoms with Crippen LogP contribution in [0.1, 0.15) is 6.92 Å². The smallest absolute Gasteiger partial charge is 0.270 e. The van der Waals surface area contributed by atoms with Gasteiger partial charge in [-0.1, -0.05) is 5.10 Å². The van der Waals surface area contributed by atoms with Crippen molar-refractivity contribution in [3.05, 3.63) is 0 Å². The molecule has 8 heteroatoms. The number of hydrogen-bond acceptors (Lipinski definition) is 6. The quantitative estimate of drug-likeness (QED) is 0.636. The molecule has 2 heterocycles. The highest BCUT2D eigenvalue weighted by molar-refractivity contribution is 5.94. The molecule has 1 aromatic heterocycles. The topological polar surface area (TPSA) is 108 Å². The zero-order chi connectivity index (χ0) is 11.8. The Morgan fingerprint density at radius 1 is 1.75 bits per heavy atom. The number of amides is 1. The summed E-state index contributed by atoms with van der Waals surface area (Å²) < 4.78 is 5.19. The molecule has 88 valence electrons. The zero-order valence-electron chi connectivity index (χ0n) is 9.17. The van der Waals surface area contributed by atoms with Crippen molar-refractivity contribution in [2.24, 2.45) is 18.2 Å². The molecule has 0 bridgehead atoms. The van der Waals surface area contributed by atoms with Gasteiger partial charge in [-0.05, 0) is 12.1 Å². The summed E-state index contributed by atoms with van der Waals surface area (Å²) in [6.07, 6.45) is 0. The number of aryl methyl sites for hydroxylation is 1. The summed E-state index contributed by atoms with van der Waals surface area (Å²) in [5.74, 6) is -0.0710. The van der Waals surface area contributed by atoms with Crippen LogP contribution in [0.15, 0.2) is 0 Å². The maximum Gasteiger partial charge on any atom is 0.270 e. The third-order valence-electron chi connectivity index (χ3n) is 2.77. The number of ether oxygens (including phenoxy) is 1. The van der Waals surface area contributed by atoms with Crippen LogP contribution in [0.4, 0.5) is 5.95 Å². The lowest BCUT2D eigenvalue weighted by Crippen LogP contribution is -2.47. The van der Waals surface area contributed by atoms with Crippen LogP contribution in [-0.2, 0) is 16.6 Å². The summed E-state index contributed by atoms with van der Waals surface area (Å²) in [6, 6.07) is -0.316. The van der Waals surface area contributed by atoms with Crippen molar-refractivity contribution >= 4 is 11.9 Å². The van der Waals surface area contributed by atoms with Crippen LogP contribution < -0.4 is 11.1 Å². The normalized spacial score (nSPS) is 29.3. The van der Waals surface area contributed by atoms with Gasteiger partial charge in [-0.2, -0.15) is 4.80 Å². The summed E-state index contributed by atoms with van der Waals surface area (Å²) in [4.78, 5) is 13.2. The number of hydrogen-bond donors (Lipinski definition) is 2. The maximum atomic E-state index is 12.0. The molecule has 1 aromatic rings. The number of nitrogens with zero attached hydrogens (tertiary/aromatic N) is 4. The third kappa shape index (κ3) is 1.76. The van der Waals surface area contributed by atoms with Crippen molar-refractivity contribution in [3.63, 3.8) is 0 Å². The van der Waals surface area contributed by atoms with Crippen molar-refractivity contribution in [1.82, 2.24) is 20.2 Å². The number of carbonyl (C=O) groups excluding carboxylic acids is 1. The fraction of sp³-hybridized carbons (Fsp3) is 0.750. The number of aromatic nitrogens is 4. The van der Waals surface area contributed by atoms with E-state index in [1.54, 1.807) is 14.0 Å². The van der Waals surface area contributed by atoms with E-state index in [9.17, 15) is 4.79 Å². The minimum atomic E-state index is -0.737. The van der Waals surface area contributed by atoms with Crippen molar-refractivity contribution in [1.29, 1.82) is 0 Å². The lowest BCUT2D eigenvalue weighted by atomic mass is 9.85. The summed E-state index contributed by atoms with van der Waals surface area (Å²) in [5.41, 5.74) is 5.09. The molecular weight excluding hydrogens is 212 g/mol. The summed E-state index contributed by atoms with van der Waals surface area (Å²) in [6.45, 7) is 2.45. The third-order valence-corrected chi connectivity index (χ3v) is 2.77. The molecule has 2 rings (SSSR count). The van der Waals surface area contributed by atoms with E-state index in [0.717, 1.165) is 0 Å². The molecule has 0 aliphatic carbocycles. The Labute approximate surface area is 92.1 Å². The second-order valence-corrected chi connectivity index (χ2v) is 4.10. The summed E-state index contributed by atoms with van der Waals surface area (Å²) in [5, 5.41) is 13.7. The fourth-order valence-electron chi connectivity index (χ4n) is 1.50. The molecule has 0 spiro atoms. The Morgan fingerprint density at radius 3 is 3.00 bits per heavy atom. The molecular formula is C8H14N6O2. The van der Waals surface area contributed by atoms with Gasteiger partial charge in [0.25, 0.3) is 5.95 Å². The molecule has 1 saturated heterocycles. The first-order valence-electron chi connectivity index (χ1n) is 4.91. The van der Waals surface area contributed by atoms with Gasteiger partial charge in [-0.3, -0.25) is 10.1 Å². The Kier molecular flexibility index (Phi) is 2.60. The number of nitrogens with two attached hydrogens (primary N) is 1. The first-order valence-corrected chi connectivity index (χ1v) is 4.91. The van der Waals surface area contributed by atoms with Crippen LogP contribution in [0.3, 0.4) is 0 Å². The molecule has 16 heavy (non-hydrogen) atoms. The predicted octanol–water partition coefficient (Wildman–Crippen LogP) is -1.49. The van der Waals surface area contributed by atoms with Crippen LogP contribution in [0, 0.1) is 5.41 Å². The van der Waals surface area contributed by atoms with Gasteiger partial charge in [0.05, 0.1) is 25.7 Å². The molecule has 2 atom stereocenters. The van der Waals surface area contributed by atoms with E-state index in [2.05, 4.69) is 20.7 Å². The second-order valence-electron chi connectivity index (χ2n) is 4.10. The van der Waals surface area contributed by atoms with Gasteiger partial charge in [0, 0.05) is 6.04 Å². The van der Waals surface area contributed by atoms with Crippen molar-refractivity contribution < 1.29 is 9.53 Å². The van der Waals surface area contributed by atoms with Crippen molar-refractivity contribution in [2.45, 2.75) is 13.0 Å². The molecule has 8 nitrogen and oxygen atoms in total. The Hall–Kier alpha value is -1.54. The van der Waals surface area contributed by atoms with Gasteiger partial charge in [-0.25, -0.2) is 0 Å². The highest BCUT2D eigenvalue weighted by atomic mass is 16.5. The van der Waals surface area contributed by atoms with Gasteiger partial charge in [0.1, 0.15) is 0 Å². The number of tetrazole rings is 1. The SMILES string of the molecule is Cn1nnc(NC(=O)C2(C)COCC2N)n1. The van der Waals surface area contributed by atoms with Gasteiger partial charge in [0.2, 0.25) is 5.91 Å². The van der Waals surface area contributed by atoms with E-state index in [4.69, 9.17) is 10.5 Å². The lowest BCUT2D eigenvalue weighted by Gasteiger charge is -2.24. The van der Waals surface area contributed by atoms with Gasteiger partial charge >= 0.3 is 0 Å².